The fraction of sp³-hybridized carbons (Fsp3) is 0.308. The molecule has 1 aromatic carbocycles. The summed E-state index contributed by atoms with van der Waals surface area (Å²) in [6.45, 7) is 2.79. The summed E-state index contributed by atoms with van der Waals surface area (Å²) < 4.78 is 0. The van der Waals surface area contributed by atoms with E-state index in [1.165, 1.54) is 6.08 Å². The fourth-order valence-electron chi connectivity index (χ4n) is 1.29. The minimum Gasteiger partial charge on any atom is -0.398 e. The van der Waals surface area contributed by atoms with Crippen LogP contribution in [0.25, 0.3) is 6.08 Å². The van der Waals surface area contributed by atoms with Crippen LogP contribution in [-0.4, -0.2) is 12.5 Å². The largest absolute Gasteiger partial charge is 0.398 e. The van der Waals surface area contributed by atoms with Crippen molar-refractivity contribution >= 4 is 29.3 Å². The topological polar surface area (TPSA) is 55.1 Å². The van der Waals surface area contributed by atoms with E-state index in [0.29, 0.717) is 17.3 Å². The Morgan fingerprint density at radius 3 is 2.94 bits per heavy atom. The van der Waals surface area contributed by atoms with Crippen molar-refractivity contribution in [1.82, 2.24) is 5.32 Å². The Labute approximate surface area is 107 Å². The van der Waals surface area contributed by atoms with Crippen LogP contribution >= 0.6 is 11.6 Å². The Kier molecular flexibility index (Phi) is 5.57. The minimum atomic E-state index is -0.0908. The van der Waals surface area contributed by atoms with Gasteiger partial charge in [-0.2, -0.15) is 0 Å². The molecule has 0 saturated carbocycles. The molecule has 0 aliphatic carbocycles. The summed E-state index contributed by atoms with van der Waals surface area (Å²) in [5, 5.41) is 3.32. The zero-order chi connectivity index (χ0) is 12.7. The summed E-state index contributed by atoms with van der Waals surface area (Å²) in [6.07, 6.45) is 5.28. The van der Waals surface area contributed by atoms with Gasteiger partial charge in [0, 0.05) is 12.6 Å². The van der Waals surface area contributed by atoms with Crippen LogP contribution in [0.4, 0.5) is 5.69 Å². The molecule has 0 unspecified atom stereocenters. The Morgan fingerprint density at radius 2 is 2.29 bits per heavy atom. The van der Waals surface area contributed by atoms with Gasteiger partial charge in [0.15, 0.2) is 0 Å². The number of hydrogen-bond acceptors (Lipinski definition) is 2. The minimum absolute atomic E-state index is 0.0908. The molecule has 1 aromatic rings. The molecule has 0 bridgehead atoms. The van der Waals surface area contributed by atoms with Gasteiger partial charge in [-0.05, 0) is 30.2 Å². The summed E-state index contributed by atoms with van der Waals surface area (Å²) in [4.78, 5) is 11.4. The van der Waals surface area contributed by atoms with Gasteiger partial charge in [0.2, 0.25) is 5.91 Å². The second kappa shape index (κ2) is 6.97. The number of unbranched alkanes of at least 4 members (excludes halogenated alkanes) is 1. The molecule has 3 nitrogen and oxygen atoms in total. The van der Waals surface area contributed by atoms with Crippen LogP contribution < -0.4 is 11.1 Å². The number of nitrogen functional groups attached to an aromatic ring is 1. The molecule has 0 aliphatic heterocycles. The molecule has 0 aliphatic rings. The van der Waals surface area contributed by atoms with Crippen LogP contribution in [0, 0.1) is 0 Å². The van der Waals surface area contributed by atoms with E-state index in [4.69, 9.17) is 17.3 Å². The Hall–Kier alpha value is -1.48. The lowest BCUT2D eigenvalue weighted by Crippen LogP contribution is -2.21. The molecule has 1 rings (SSSR count). The van der Waals surface area contributed by atoms with Crippen molar-refractivity contribution < 1.29 is 4.79 Å². The molecular formula is C13H17ClN2O. The maximum absolute atomic E-state index is 11.4. The first-order valence-electron chi connectivity index (χ1n) is 5.64. The maximum atomic E-state index is 11.4. The van der Waals surface area contributed by atoms with Crippen LogP contribution in [0.2, 0.25) is 5.02 Å². The average molecular weight is 253 g/mol. The lowest BCUT2D eigenvalue weighted by atomic mass is 10.2. The van der Waals surface area contributed by atoms with Gasteiger partial charge in [-0.1, -0.05) is 31.0 Å². The van der Waals surface area contributed by atoms with Gasteiger partial charge in [0.25, 0.3) is 0 Å². The normalized spacial score (nSPS) is 10.7. The number of anilines is 1. The molecule has 17 heavy (non-hydrogen) atoms. The summed E-state index contributed by atoms with van der Waals surface area (Å²) in [5.74, 6) is -0.0908. The molecule has 1 amide bonds. The van der Waals surface area contributed by atoms with Crippen molar-refractivity contribution in [3.63, 3.8) is 0 Å². The number of nitrogens with two attached hydrogens (primary N) is 1. The molecule has 0 aromatic heterocycles. The van der Waals surface area contributed by atoms with Crippen molar-refractivity contribution in [2.45, 2.75) is 19.8 Å². The number of hydrogen-bond donors (Lipinski definition) is 2. The summed E-state index contributed by atoms with van der Waals surface area (Å²) in [5.41, 5.74) is 7.03. The molecular weight excluding hydrogens is 236 g/mol. The van der Waals surface area contributed by atoms with E-state index in [1.807, 2.05) is 6.07 Å². The van der Waals surface area contributed by atoms with Crippen LogP contribution in [0.3, 0.4) is 0 Å². The maximum Gasteiger partial charge on any atom is 0.243 e. The zero-order valence-corrected chi connectivity index (χ0v) is 10.6. The van der Waals surface area contributed by atoms with Gasteiger partial charge in [-0.15, -0.1) is 0 Å². The monoisotopic (exact) mass is 252 g/mol. The van der Waals surface area contributed by atoms with E-state index in [9.17, 15) is 4.79 Å². The van der Waals surface area contributed by atoms with E-state index in [1.54, 1.807) is 18.2 Å². The van der Waals surface area contributed by atoms with Gasteiger partial charge >= 0.3 is 0 Å². The van der Waals surface area contributed by atoms with Crippen molar-refractivity contribution in [1.29, 1.82) is 0 Å². The van der Waals surface area contributed by atoms with E-state index < -0.39 is 0 Å². The first-order chi connectivity index (χ1) is 8.13. The van der Waals surface area contributed by atoms with Crippen LogP contribution in [-0.2, 0) is 4.79 Å². The number of carbonyl (C=O) groups is 1. The molecule has 0 heterocycles. The highest BCUT2D eigenvalue weighted by molar-refractivity contribution is 6.33. The predicted molar refractivity (Wildman–Crippen MR) is 72.8 cm³/mol. The third kappa shape index (κ3) is 4.91. The van der Waals surface area contributed by atoms with Crippen LogP contribution in [0.1, 0.15) is 25.3 Å². The fourth-order valence-corrected chi connectivity index (χ4v) is 1.40. The highest BCUT2D eigenvalue weighted by Crippen LogP contribution is 2.19. The number of halogens is 1. The standard InChI is InChI=1S/C13H17ClN2O/c1-2-3-8-16-13(17)7-5-10-4-6-11(14)12(15)9-10/h4-7,9H,2-3,8,15H2,1H3,(H,16,17)/b7-5+. The molecule has 0 saturated heterocycles. The quantitative estimate of drug-likeness (QED) is 0.481. The summed E-state index contributed by atoms with van der Waals surface area (Å²) in [6, 6.07) is 5.26. The van der Waals surface area contributed by atoms with Crippen LogP contribution in [0.15, 0.2) is 24.3 Å². The van der Waals surface area contributed by atoms with Crippen molar-refractivity contribution in [3.8, 4) is 0 Å². The highest BCUT2D eigenvalue weighted by Gasteiger charge is 1.97. The molecule has 0 atom stereocenters. The Balaban J connectivity index is 2.52. The Morgan fingerprint density at radius 1 is 1.53 bits per heavy atom. The van der Waals surface area contributed by atoms with Crippen molar-refractivity contribution in [3.05, 3.63) is 34.9 Å². The van der Waals surface area contributed by atoms with E-state index in [0.717, 1.165) is 18.4 Å². The first-order valence-corrected chi connectivity index (χ1v) is 6.02. The summed E-state index contributed by atoms with van der Waals surface area (Å²) >= 11 is 5.80. The third-order valence-electron chi connectivity index (χ3n) is 2.28. The average Bonchev–Trinajstić information content (AvgIpc) is 2.31. The smallest absolute Gasteiger partial charge is 0.243 e. The molecule has 0 radical (unpaired) electrons. The SMILES string of the molecule is CCCCNC(=O)/C=C/c1ccc(Cl)c(N)c1. The van der Waals surface area contributed by atoms with E-state index in [-0.39, 0.29) is 5.91 Å². The molecule has 0 fully saturated rings. The van der Waals surface area contributed by atoms with Crippen molar-refractivity contribution in [2.24, 2.45) is 0 Å². The van der Waals surface area contributed by atoms with E-state index >= 15 is 0 Å². The lowest BCUT2D eigenvalue weighted by molar-refractivity contribution is -0.116. The van der Waals surface area contributed by atoms with Gasteiger partial charge in [-0.25, -0.2) is 0 Å². The molecule has 3 N–H and O–H groups in total. The summed E-state index contributed by atoms with van der Waals surface area (Å²) in [7, 11) is 0. The number of nitrogens with one attached hydrogen (secondary N) is 1. The lowest BCUT2D eigenvalue weighted by Gasteiger charge is -2.00. The van der Waals surface area contributed by atoms with Crippen LogP contribution in [0.5, 0.6) is 0 Å². The molecule has 0 spiro atoms. The second-order valence-electron chi connectivity index (χ2n) is 3.76. The van der Waals surface area contributed by atoms with Gasteiger partial charge in [0.1, 0.15) is 0 Å². The van der Waals surface area contributed by atoms with Crippen molar-refractivity contribution in [2.75, 3.05) is 12.3 Å². The second-order valence-corrected chi connectivity index (χ2v) is 4.17. The molecule has 4 heteroatoms. The van der Waals surface area contributed by atoms with Gasteiger partial charge in [0.05, 0.1) is 10.7 Å². The third-order valence-corrected chi connectivity index (χ3v) is 2.62. The zero-order valence-electron chi connectivity index (χ0n) is 9.87. The Bertz CT molecular complexity index is 416. The van der Waals surface area contributed by atoms with Gasteiger partial charge in [-0.3, -0.25) is 4.79 Å². The number of carbonyl (C=O) groups excluding carboxylic acids is 1. The number of benzene rings is 1. The first kappa shape index (κ1) is 13.6. The highest BCUT2D eigenvalue weighted by atomic mass is 35.5. The molecule has 92 valence electrons. The van der Waals surface area contributed by atoms with E-state index in [2.05, 4.69) is 12.2 Å². The number of rotatable bonds is 5. The number of amides is 1. The predicted octanol–water partition coefficient (Wildman–Crippen LogP) is 2.85. The van der Waals surface area contributed by atoms with Gasteiger partial charge < -0.3 is 11.1 Å².